The normalized spacial score (nSPS) is 18.8. The number of aromatic hydroxyl groups is 1. The van der Waals surface area contributed by atoms with Gasteiger partial charge in [-0.25, -0.2) is 4.39 Å². The van der Waals surface area contributed by atoms with Gasteiger partial charge >= 0.3 is 0 Å². The molecule has 0 unspecified atom stereocenters. The third kappa shape index (κ3) is 3.20. The summed E-state index contributed by atoms with van der Waals surface area (Å²) in [4.78, 5) is 11.7. The summed E-state index contributed by atoms with van der Waals surface area (Å²) in [7, 11) is 0. The smallest absolute Gasteiger partial charge is 0.255 e. The van der Waals surface area contributed by atoms with Crippen LogP contribution in [0, 0.1) is 5.82 Å². The van der Waals surface area contributed by atoms with Crippen LogP contribution in [0.5, 0.6) is 5.75 Å². The Hall–Kier alpha value is -1.62. The third-order valence-corrected chi connectivity index (χ3v) is 3.15. The fourth-order valence-corrected chi connectivity index (χ4v) is 2.16. The molecule has 0 spiro atoms. The molecule has 1 aromatic rings. The van der Waals surface area contributed by atoms with Gasteiger partial charge in [0.15, 0.2) is 0 Å². The molecule has 0 aromatic heterocycles. The molecule has 1 atom stereocenters. The van der Waals surface area contributed by atoms with E-state index in [-0.39, 0.29) is 17.2 Å². The Bertz CT molecular complexity index is 431. The van der Waals surface area contributed by atoms with E-state index in [2.05, 4.69) is 10.6 Å². The van der Waals surface area contributed by atoms with Crippen LogP contribution in [0.2, 0.25) is 0 Å². The number of phenols is 1. The van der Waals surface area contributed by atoms with Gasteiger partial charge in [-0.15, -0.1) is 0 Å². The molecule has 0 radical (unpaired) electrons. The summed E-state index contributed by atoms with van der Waals surface area (Å²) in [5, 5.41) is 15.5. The lowest BCUT2D eigenvalue weighted by molar-refractivity contribution is 0.0949. The molecule has 1 aromatic carbocycles. The molecule has 1 amide bonds. The van der Waals surface area contributed by atoms with E-state index in [1.54, 1.807) is 0 Å². The number of carbonyl (C=O) groups is 1. The van der Waals surface area contributed by atoms with Gasteiger partial charge < -0.3 is 15.7 Å². The number of rotatable bonds is 4. The lowest BCUT2D eigenvalue weighted by Gasteiger charge is -2.11. The Balaban J connectivity index is 1.83. The van der Waals surface area contributed by atoms with E-state index in [0.717, 1.165) is 31.5 Å². The molecule has 4 nitrogen and oxygen atoms in total. The van der Waals surface area contributed by atoms with Gasteiger partial charge in [-0.3, -0.25) is 4.79 Å². The Labute approximate surface area is 105 Å². The summed E-state index contributed by atoms with van der Waals surface area (Å²) in [6, 6.07) is 3.85. The molecule has 1 fully saturated rings. The average molecular weight is 252 g/mol. The molecule has 0 bridgehead atoms. The minimum Gasteiger partial charge on any atom is -0.507 e. The van der Waals surface area contributed by atoms with Gasteiger partial charge in [0.05, 0.1) is 5.56 Å². The standard InChI is InChI=1S/C13H17FN2O2/c14-9-3-4-11(12(17)8-9)13(18)16-7-5-10-2-1-6-15-10/h3-4,8,10,15,17H,1-2,5-7H2,(H,16,18)/t10-/m0/s1. The molecule has 1 aliphatic heterocycles. The summed E-state index contributed by atoms with van der Waals surface area (Å²) in [6.45, 7) is 1.59. The second kappa shape index (κ2) is 5.82. The van der Waals surface area contributed by atoms with Crippen LogP contribution >= 0.6 is 0 Å². The van der Waals surface area contributed by atoms with Gasteiger partial charge in [0, 0.05) is 18.7 Å². The van der Waals surface area contributed by atoms with Gasteiger partial charge in [-0.1, -0.05) is 0 Å². The van der Waals surface area contributed by atoms with E-state index in [1.165, 1.54) is 12.5 Å². The lowest BCUT2D eigenvalue weighted by Crippen LogP contribution is -2.30. The van der Waals surface area contributed by atoms with Crippen LogP contribution in [-0.2, 0) is 0 Å². The molecule has 18 heavy (non-hydrogen) atoms. The van der Waals surface area contributed by atoms with Gasteiger partial charge in [0.1, 0.15) is 11.6 Å². The number of amides is 1. The minimum absolute atomic E-state index is 0.107. The summed E-state index contributed by atoms with van der Waals surface area (Å²) < 4.78 is 12.8. The van der Waals surface area contributed by atoms with Crippen molar-refractivity contribution >= 4 is 5.91 Å². The number of halogens is 1. The van der Waals surface area contributed by atoms with E-state index in [0.29, 0.717) is 12.6 Å². The number of carbonyl (C=O) groups excluding carboxylic acids is 1. The van der Waals surface area contributed by atoms with Crippen LogP contribution in [0.1, 0.15) is 29.6 Å². The molecule has 3 N–H and O–H groups in total. The maximum Gasteiger partial charge on any atom is 0.255 e. The first-order chi connectivity index (χ1) is 8.66. The monoisotopic (exact) mass is 252 g/mol. The second-order valence-corrected chi connectivity index (χ2v) is 4.50. The summed E-state index contributed by atoms with van der Waals surface area (Å²) in [5.74, 6) is -1.25. The van der Waals surface area contributed by atoms with Gasteiger partial charge in [0.25, 0.3) is 5.91 Å². The first-order valence-electron chi connectivity index (χ1n) is 6.17. The lowest BCUT2D eigenvalue weighted by atomic mass is 10.1. The highest BCUT2D eigenvalue weighted by Crippen LogP contribution is 2.17. The second-order valence-electron chi connectivity index (χ2n) is 4.50. The largest absolute Gasteiger partial charge is 0.507 e. The zero-order valence-electron chi connectivity index (χ0n) is 10.1. The highest BCUT2D eigenvalue weighted by atomic mass is 19.1. The van der Waals surface area contributed by atoms with E-state index in [4.69, 9.17) is 0 Å². The van der Waals surface area contributed by atoms with Crippen LogP contribution in [-0.4, -0.2) is 30.1 Å². The van der Waals surface area contributed by atoms with Crippen molar-refractivity contribution in [1.82, 2.24) is 10.6 Å². The molecule has 1 heterocycles. The number of hydrogen-bond donors (Lipinski definition) is 3. The minimum atomic E-state index is -0.556. The van der Waals surface area contributed by atoms with Crippen molar-refractivity contribution in [3.63, 3.8) is 0 Å². The van der Waals surface area contributed by atoms with Crippen molar-refractivity contribution in [2.45, 2.75) is 25.3 Å². The quantitative estimate of drug-likeness (QED) is 0.759. The average Bonchev–Trinajstić information content (AvgIpc) is 2.81. The van der Waals surface area contributed by atoms with E-state index < -0.39 is 5.82 Å². The van der Waals surface area contributed by atoms with Crippen molar-refractivity contribution in [2.75, 3.05) is 13.1 Å². The van der Waals surface area contributed by atoms with Crippen LogP contribution in [0.3, 0.4) is 0 Å². The molecule has 2 rings (SSSR count). The van der Waals surface area contributed by atoms with Gasteiger partial charge in [0.2, 0.25) is 0 Å². The topological polar surface area (TPSA) is 61.4 Å². The fraction of sp³-hybridized carbons (Fsp3) is 0.462. The number of nitrogens with one attached hydrogen (secondary N) is 2. The molecule has 0 saturated carbocycles. The molecule has 5 heteroatoms. The van der Waals surface area contributed by atoms with Crippen molar-refractivity contribution in [1.29, 1.82) is 0 Å². The number of hydrogen-bond acceptors (Lipinski definition) is 3. The van der Waals surface area contributed by atoms with E-state index in [1.807, 2.05) is 0 Å². The predicted octanol–water partition coefficient (Wildman–Crippen LogP) is 1.40. The SMILES string of the molecule is O=C(NCC[C@@H]1CCCN1)c1ccc(F)cc1O. The van der Waals surface area contributed by atoms with Crippen LogP contribution in [0.4, 0.5) is 4.39 Å². The van der Waals surface area contributed by atoms with Gasteiger partial charge in [-0.05, 0) is 37.9 Å². The van der Waals surface area contributed by atoms with E-state index in [9.17, 15) is 14.3 Å². The van der Waals surface area contributed by atoms with Crippen molar-refractivity contribution < 1.29 is 14.3 Å². The molecule has 0 aliphatic carbocycles. The van der Waals surface area contributed by atoms with Crippen LogP contribution in [0.25, 0.3) is 0 Å². The fourth-order valence-electron chi connectivity index (χ4n) is 2.16. The molecule has 1 saturated heterocycles. The maximum absolute atomic E-state index is 12.8. The molecular weight excluding hydrogens is 235 g/mol. The maximum atomic E-state index is 12.8. The van der Waals surface area contributed by atoms with Gasteiger partial charge in [-0.2, -0.15) is 0 Å². The van der Waals surface area contributed by atoms with Crippen molar-refractivity contribution in [2.24, 2.45) is 0 Å². The zero-order valence-corrected chi connectivity index (χ0v) is 10.1. The van der Waals surface area contributed by atoms with Crippen molar-refractivity contribution in [3.05, 3.63) is 29.6 Å². The molecule has 1 aliphatic rings. The summed E-state index contributed by atoms with van der Waals surface area (Å²) >= 11 is 0. The van der Waals surface area contributed by atoms with Crippen LogP contribution in [0.15, 0.2) is 18.2 Å². The number of phenolic OH excluding ortho intramolecular Hbond substituents is 1. The first kappa shape index (κ1) is 12.8. The zero-order chi connectivity index (χ0) is 13.0. The highest BCUT2D eigenvalue weighted by molar-refractivity contribution is 5.96. The highest BCUT2D eigenvalue weighted by Gasteiger charge is 2.15. The molecule has 98 valence electrons. The first-order valence-corrected chi connectivity index (χ1v) is 6.17. The van der Waals surface area contributed by atoms with Crippen LogP contribution < -0.4 is 10.6 Å². The van der Waals surface area contributed by atoms with E-state index >= 15 is 0 Å². The summed E-state index contributed by atoms with van der Waals surface area (Å²) in [5.41, 5.74) is 0.107. The third-order valence-electron chi connectivity index (χ3n) is 3.15. The predicted molar refractivity (Wildman–Crippen MR) is 66.0 cm³/mol. The Morgan fingerprint density at radius 1 is 1.56 bits per heavy atom. The number of benzene rings is 1. The molecular formula is C13H17FN2O2. The summed E-state index contributed by atoms with van der Waals surface area (Å²) in [6.07, 6.45) is 3.18. The Morgan fingerprint density at radius 2 is 2.39 bits per heavy atom. The Kier molecular flexibility index (Phi) is 4.15. The van der Waals surface area contributed by atoms with Crippen molar-refractivity contribution in [3.8, 4) is 5.75 Å². The Morgan fingerprint density at radius 3 is 3.06 bits per heavy atom.